The molecule has 0 saturated heterocycles. The van der Waals surface area contributed by atoms with Crippen LogP contribution in [-0.2, 0) is 9.53 Å². The maximum Gasteiger partial charge on any atom is 0.422 e. The average molecular weight is 574 g/mol. The maximum atomic E-state index is 13.8. The van der Waals surface area contributed by atoms with Crippen LogP contribution < -0.4 is 24.5 Å². The van der Waals surface area contributed by atoms with E-state index in [4.69, 9.17) is 9.47 Å². The molecule has 212 valence electrons. The fourth-order valence-corrected chi connectivity index (χ4v) is 5.68. The summed E-state index contributed by atoms with van der Waals surface area (Å²) in [6, 6.07) is 13.3. The summed E-state index contributed by atoms with van der Waals surface area (Å²) in [5.41, 5.74) is 2.09. The zero-order valence-electron chi connectivity index (χ0n) is 22.6. The van der Waals surface area contributed by atoms with Crippen LogP contribution in [0.4, 0.5) is 18.9 Å². The lowest BCUT2D eigenvalue weighted by Gasteiger charge is -2.25. The van der Waals surface area contributed by atoms with Crippen LogP contribution >= 0.6 is 11.3 Å². The molecule has 3 aromatic rings. The summed E-state index contributed by atoms with van der Waals surface area (Å²) in [5, 5.41) is 0. The van der Waals surface area contributed by atoms with Crippen molar-refractivity contribution in [2.75, 3.05) is 31.7 Å². The van der Waals surface area contributed by atoms with E-state index in [2.05, 4.69) is 4.99 Å². The molecule has 1 atom stereocenters. The predicted octanol–water partition coefficient (Wildman–Crippen LogP) is 4.59. The van der Waals surface area contributed by atoms with Crippen LogP contribution in [0.1, 0.15) is 44.4 Å². The zero-order valence-corrected chi connectivity index (χ0v) is 23.4. The minimum Gasteiger partial charge on any atom is -0.483 e. The molecule has 2 aromatic carbocycles. The minimum absolute atomic E-state index is 0.0108. The first-order valence-corrected chi connectivity index (χ1v) is 13.7. The summed E-state index contributed by atoms with van der Waals surface area (Å²) in [7, 11) is 1.28. The third-order valence-electron chi connectivity index (χ3n) is 6.57. The Kier molecular flexibility index (Phi) is 8.82. The lowest BCUT2D eigenvalue weighted by molar-refractivity contribution is -0.153. The second kappa shape index (κ2) is 12.1. The molecule has 0 spiro atoms. The highest BCUT2D eigenvalue weighted by atomic mass is 32.1. The van der Waals surface area contributed by atoms with Crippen molar-refractivity contribution in [1.82, 2.24) is 4.57 Å². The lowest BCUT2D eigenvalue weighted by atomic mass is 9.95. The number of thiazole rings is 1. The SMILES string of the molecule is CCC1=C(C(=O)OC)[C@H](c2ccccc2)n2c(s/c(=C\c3ccc(N(CC)CC)cc3OCC(F)(F)F)c2=O)=N1. The van der Waals surface area contributed by atoms with Gasteiger partial charge in [-0.15, -0.1) is 0 Å². The zero-order chi connectivity index (χ0) is 29.0. The molecule has 0 radical (unpaired) electrons. The van der Waals surface area contributed by atoms with Crippen LogP contribution in [0.15, 0.2) is 69.6 Å². The first-order chi connectivity index (χ1) is 19.1. The van der Waals surface area contributed by atoms with E-state index in [-0.39, 0.29) is 15.9 Å². The van der Waals surface area contributed by atoms with Gasteiger partial charge in [0.1, 0.15) is 5.75 Å². The number of esters is 1. The van der Waals surface area contributed by atoms with E-state index in [1.165, 1.54) is 17.8 Å². The number of carbonyl (C=O) groups excluding carboxylic acids is 1. The summed E-state index contributed by atoms with van der Waals surface area (Å²) in [4.78, 5) is 33.7. The van der Waals surface area contributed by atoms with E-state index in [0.29, 0.717) is 46.8 Å². The molecular formula is C29H30F3N3O4S. The van der Waals surface area contributed by atoms with E-state index in [1.54, 1.807) is 18.2 Å². The van der Waals surface area contributed by atoms with Gasteiger partial charge in [-0.3, -0.25) is 9.36 Å². The second-order valence-corrected chi connectivity index (χ2v) is 10.0. The van der Waals surface area contributed by atoms with Crippen molar-refractivity contribution in [3.05, 3.63) is 90.6 Å². The quantitative estimate of drug-likeness (QED) is 0.351. The van der Waals surface area contributed by atoms with Crippen LogP contribution in [0, 0.1) is 0 Å². The monoisotopic (exact) mass is 573 g/mol. The standard InChI is InChI=1S/C29H30F3N3O4S/c1-5-21-24(27(37)38-4)25(18-11-9-8-10-12-18)35-26(36)23(40-28(35)33-21)15-19-13-14-20(34(6-2)7-3)16-22(19)39-17-29(30,31)32/h8-16,25H,5-7,17H2,1-4H3/b23-15-/t25-/m0/s1. The topological polar surface area (TPSA) is 73.1 Å². The van der Waals surface area contributed by atoms with Crippen LogP contribution in [0.5, 0.6) is 5.75 Å². The summed E-state index contributed by atoms with van der Waals surface area (Å²) >= 11 is 1.10. The molecule has 0 bridgehead atoms. The Morgan fingerprint density at radius 3 is 2.42 bits per heavy atom. The van der Waals surface area contributed by atoms with Gasteiger partial charge in [0.15, 0.2) is 11.4 Å². The molecule has 1 aliphatic rings. The number of ether oxygens (including phenoxy) is 2. The third kappa shape index (κ3) is 5.99. The molecule has 0 fully saturated rings. The van der Waals surface area contributed by atoms with Gasteiger partial charge in [0.2, 0.25) is 0 Å². The van der Waals surface area contributed by atoms with Crippen LogP contribution in [-0.4, -0.2) is 43.5 Å². The third-order valence-corrected chi connectivity index (χ3v) is 7.55. The van der Waals surface area contributed by atoms with E-state index < -0.39 is 30.4 Å². The number of nitrogens with zero attached hydrogens (tertiary/aromatic N) is 3. The van der Waals surface area contributed by atoms with Crippen molar-refractivity contribution >= 4 is 29.1 Å². The first kappa shape index (κ1) is 29.1. The molecule has 2 heterocycles. The van der Waals surface area contributed by atoms with Gasteiger partial charge in [-0.05, 0) is 44.0 Å². The fourth-order valence-electron chi connectivity index (χ4n) is 4.67. The highest BCUT2D eigenvalue weighted by Crippen LogP contribution is 2.32. The summed E-state index contributed by atoms with van der Waals surface area (Å²) < 4.78 is 51.1. The molecule has 11 heteroatoms. The smallest absolute Gasteiger partial charge is 0.422 e. The van der Waals surface area contributed by atoms with Gasteiger partial charge in [0.05, 0.1) is 29.0 Å². The fraction of sp³-hybridized carbons (Fsp3) is 0.345. The molecule has 0 amide bonds. The van der Waals surface area contributed by atoms with Crippen molar-refractivity contribution < 1.29 is 27.4 Å². The van der Waals surface area contributed by atoms with Crippen LogP contribution in [0.25, 0.3) is 6.08 Å². The van der Waals surface area contributed by atoms with E-state index in [1.807, 2.05) is 56.0 Å². The van der Waals surface area contributed by atoms with E-state index in [9.17, 15) is 22.8 Å². The number of benzene rings is 2. The number of allylic oxidation sites excluding steroid dienone is 1. The highest BCUT2D eigenvalue weighted by molar-refractivity contribution is 7.07. The average Bonchev–Trinajstić information content (AvgIpc) is 3.26. The number of anilines is 1. The maximum absolute atomic E-state index is 13.8. The number of halogens is 3. The highest BCUT2D eigenvalue weighted by Gasteiger charge is 2.34. The summed E-state index contributed by atoms with van der Waals surface area (Å²) in [6.45, 7) is 5.62. The van der Waals surface area contributed by atoms with E-state index in [0.717, 1.165) is 11.3 Å². The number of aromatic nitrogens is 1. The minimum atomic E-state index is -4.53. The molecule has 40 heavy (non-hydrogen) atoms. The second-order valence-electron chi connectivity index (χ2n) is 9.00. The normalized spacial score (nSPS) is 15.5. The van der Waals surface area contributed by atoms with Crippen LogP contribution in [0.3, 0.4) is 0 Å². The van der Waals surface area contributed by atoms with Crippen molar-refractivity contribution in [2.24, 2.45) is 4.99 Å². The molecule has 0 unspecified atom stereocenters. The Balaban J connectivity index is 1.92. The molecule has 0 aliphatic carbocycles. The molecule has 7 nitrogen and oxygen atoms in total. The van der Waals surface area contributed by atoms with Crippen LogP contribution in [0.2, 0.25) is 0 Å². The molecule has 4 rings (SSSR count). The number of methoxy groups -OCH3 is 1. The number of fused-ring (bicyclic) bond motifs is 1. The Labute approximate surface area is 233 Å². The summed E-state index contributed by atoms with van der Waals surface area (Å²) in [5.74, 6) is -0.574. The molecular weight excluding hydrogens is 543 g/mol. The lowest BCUT2D eigenvalue weighted by Crippen LogP contribution is -2.40. The number of carbonyl (C=O) groups is 1. The van der Waals surface area contributed by atoms with Gasteiger partial charge in [0, 0.05) is 30.4 Å². The predicted molar refractivity (Wildman–Crippen MR) is 148 cm³/mol. The Bertz CT molecular complexity index is 1590. The van der Waals surface area contributed by atoms with Crippen molar-refractivity contribution in [1.29, 1.82) is 0 Å². The number of hydrogen-bond acceptors (Lipinski definition) is 7. The van der Waals surface area contributed by atoms with Gasteiger partial charge >= 0.3 is 12.1 Å². The first-order valence-electron chi connectivity index (χ1n) is 12.9. The molecule has 0 saturated carbocycles. The van der Waals surface area contributed by atoms with Crippen molar-refractivity contribution in [3.8, 4) is 5.75 Å². The van der Waals surface area contributed by atoms with E-state index >= 15 is 0 Å². The molecule has 0 N–H and O–H groups in total. The van der Waals surface area contributed by atoms with Crippen molar-refractivity contribution in [3.63, 3.8) is 0 Å². The van der Waals surface area contributed by atoms with Gasteiger partial charge in [-0.25, -0.2) is 9.79 Å². The molecule has 1 aliphatic heterocycles. The Morgan fingerprint density at radius 2 is 1.82 bits per heavy atom. The van der Waals surface area contributed by atoms with Crippen molar-refractivity contribution in [2.45, 2.75) is 39.4 Å². The van der Waals surface area contributed by atoms with Gasteiger partial charge in [-0.2, -0.15) is 13.2 Å². The van der Waals surface area contributed by atoms with Gasteiger partial charge in [-0.1, -0.05) is 48.6 Å². The largest absolute Gasteiger partial charge is 0.483 e. The Morgan fingerprint density at radius 1 is 1.12 bits per heavy atom. The molecule has 1 aromatic heterocycles. The van der Waals surface area contributed by atoms with Gasteiger partial charge in [0.25, 0.3) is 5.56 Å². The Hall–Kier alpha value is -3.86. The number of rotatable bonds is 9. The number of hydrogen-bond donors (Lipinski definition) is 0. The van der Waals surface area contributed by atoms with Gasteiger partial charge < -0.3 is 14.4 Å². The summed E-state index contributed by atoms with van der Waals surface area (Å²) in [6.07, 6.45) is -2.59. The number of alkyl halides is 3.